The molecule has 0 atom stereocenters. The predicted molar refractivity (Wildman–Crippen MR) is 75.3 cm³/mol. The molecule has 1 aromatic rings. The molecule has 0 aromatic carbocycles. The quantitative estimate of drug-likeness (QED) is 0.825. The van der Waals surface area contributed by atoms with Crippen LogP contribution in [0.1, 0.15) is 53.3 Å². The normalized spacial score (nSPS) is 11.4. The Labute approximate surface area is 117 Å². The highest BCUT2D eigenvalue weighted by atomic mass is 79.9. The van der Waals surface area contributed by atoms with Crippen molar-refractivity contribution in [1.82, 2.24) is 9.97 Å². The lowest BCUT2D eigenvalue weighted by Crippen LogP contribution is -2.13. The van der Waals surface area contributed by atoms with Gasteiger partial charge < -0.3 is 9.47 Å². The third kappa shape index (κ3) is 4.12. The van der Waals surface area contributed by atoms with E-state index >= 15 is 0 Å². The van der Waals surface area contributed by atoms with E-state index in [0.29, 0.717) is 16.2 Å². The summed E-state index contributed by atoms with van der Waals surface area (Å²) in [6, 6.07) is 0. The number of hydrogen-bond donors (Lipinski definition) is 0. The van der Waals surface area contributed by atoms with E-state index in [0.717, 1.165) is 5.82 Å². The number of hydrogen-bond acceptors (Lipinski definition) is 4. The van der Waals surface area contributed by atoms with Gasteiger partial charge in [0.2, 0.25) is 11.8 Å². The van der Waals surface area contributed by atoms with Gasteiger partial charge in [0.25, 0.3) is 0 Å². The van der Waals surface area contributed by atoms with Gasteiger partial charge in [-0.25, -0.2) is 0 Å². The number of nitrogens with zero attached hydrogens (tertiary/aromatic N) is 2. The minimum Gasteiger partial charge on any atom is -0.474 e. The summed E-state index contributed by atoms with van der Waals surface area (Å²) in [6.07, 6.45) is 0.117. The summed E-state index contributed by atoms with van der Waals surface area (Å²) in [7, 11) is 0. The van der Waals surface area contributed by atoms with Crippen molar-refractivity contribution >= 4 is 15.9 Å². The van der Waals surface area contributed by atoms with Gasteiger partial charge >= 0.3 is 0 Å². The van der Waals surface area contributed by atoms with E-state index in [4.69, 9.17) is 9.47 Å². The van der Waals surface area contributed by atoms with E-state index in [-0.39, 0.29) is 18.1 Å². The van der Waals surface area contributed by atoms with Crippen molar-refractivity contribution in [3.05, 3.63) is 10.3 Å². The van der Waals surface area contributed by atoms with Crippen molar-refractivity contribution in [2.45, 2.75) is 59.7 Å². The zero-order valence-electron chi connectivity index (χ0n) is 11.8. The van der Waals surface area contributed by atoms with Gasteiger partial charge in [0.1, 0.15) is 10.3 Å². The second-order valence-electron chi connectivity index (χ2n) is 4.99. The molecule has 102 valence electrons. The first kappa shape index (κ1) is 15.2. The minimum absolute atomic E-state index is 0.0584. The zero-order valence-corrected chi connectivity index (χ0v) is 13.4. The fourth-order valence-corrected chi connectivity index (χ4v) is 1.65. The fraction of sp³-hybridized carbons (Fsp3) is 0.692. The lowest BCUT2D eigenvalue weighted by molar-refractivity contribution is 0.211. The molecule has 0 unspecified atom stereocenters. The SMILES string of the molecule is CC(C)Oc1nc(C(C)C)nc(OC(C)C)c1Br. The molecule has 0 bridgehead atoms. The van der Waals surface area contributed by atoms with E-state index in [9.17, 15) is 0 Å². The summed E-state index contributed by atoms with van der Waals surface area (Å²) in [6.45, 7) is 11.9. The van der Waals surface area contributed by atoms with Crippen LogP contribution < -0.4 is 9.47 Å². The molecule has 4 nitrogen and oxygen atoms in total. The molecule has 0 saturated heterocycles. The molecule has 1 heterocycles. The standard InChI is InChI=1S/C13H21BrN2O2/c1-7(2)11-15-12(17-8(3)4)10(14)13(16-11)18-9(5)6/h7-9H,1-6H3. The summed E-state index contributed by atoms with van der Waals surface area (Å²) >= 11 is 3.45. The lowest BCUT2D eigenvalue weighted by Gasteiger charge is -2.17. The maximum atomic E-state index is 5.68. The summed E-state index contributed by atoms with van der Waals surface area (Å²) in [5.74, 6) is 2.03. The maximum Gasteiger partial charge on any atom is 0.235 e. The lowest BCUT2D eigenvalue weighted by atomic mass is 10.2. The van der Waals surface area contributed by atoms with Gasteiger partial charge in [0.05, 0.1) is 12.2 Å². The maximum absolute atomic E-state index is 5.68. The third-order valence-corrected chi connectivity index (χ3v) is 2.70. The van der Waals surface area contributed by atoms with Crippen LogP contribution in [0.4, 0.5) is 0 Å². The molecule has 0 aliphatic carbocycles. The Morgan fingerprint density at radius 2 is 1.22 bits per heavy atom. The fourth-order valence-electron chi connectivity index (χ4n) is 1.28. The molecule has 1 rings (SSSR count). The van der Waals surface area contributed by atoms with Gasteiger partial charge in [0, 0.05) is 5.92 Å². The second kappa shape index (κ2) is 6.36. The summed E-state index contributed by atoms with van der Waals surface area (Å²) in [5, 5.41) is 0. The minimum atomic E-state index is 0.0584. The van der Waals surface area contributed by atoms with Crippen LogP contribution in [-0.2, 0) is 0 Å². The first-order valence-corrected chi connectivity index (χ1v) is 7.01. The highest BCUT2D eigenvalue weighted by Gasteiger charge is 2.18. The molecule has 0 amide bonds. The van der Waals surface area contributed by atoms with Crippen LogP contribution in [-0.4, -0.2) is 22.2 Å². The number of aromatic nitrogens is 2. The van der Waals surface area contributed by atoms with Gasteiger partial charge in [-0.05, 0) is 43.6 Å². The number of halogens is 1. The Morgan fingerprint density at radius 3 is 1.50 bits per heavy atom. The van der Waals surface area contributed by atoms with Crippen LogP contribution in [0.5, 0.6) is 11.8 Å². The van der Waals surface area contributed by atoms with Gasteiger partial charge in [-0.3, -0.25) is 0 Å². The number of ether oxygens (including phenoxy) is 2. The van der Waals surface area contributed by atoms with Crippen LogP contribution >= 0.6 is 15.9 Å². The van der Waals surface area contributed by atoms with Gasteiger partial charge in [-0.1, -0.05) is 13.8 Å². The molecule has 0 spiro atoms. The Bertz CT molecular complexity index is 375. The highest BCUT2D eigenvalue weighted by Crippen LogP contribution is 2.33. The Morgan fingerprint density at radius 1 is 0.833 bits per heavy atom. The molecule has 0 fully saturated rings. The molecule has 5 heteroatoms. The molecule has 0 aliphatic heterocycles. The number of rotatable bonds is 5. The summed E-state index contributed by atoms with van der Waals surface area (Å²) in [4.78, 5) is 8.84. The monoisotopic (exact) mass is 316 g/mol. The van der Waals surface area contributed by atoms with Gasteiger partial charge in [0.15, 0.2) is 0 Å². The average Bonchev–Trinajstić information content (AvgIpc) is 2.22. The summed E-state index contributed by atoms with van der Waals surface area (Å²) in [5.41, 5.74) is 0. The van der Waals surface area contributed by atoms with E-state index in [1.54, 1.807) is 0 Å². The Balaban J connectivity index is 3.19. The molecular weight excluding hydrogens is 296 g/mol. The van der Waals surface area contributed by atoms with Crippen molar-refractivity contribution in [3.8, 4) is 11.8 Å². The van der Waals surface area contributed by atoms with Gasteiger partial charge in [-0.15, -0.1) is 0 Å². The third-order valence-electron chi connectivity index (χ3n) is 2.02. The molecule has 0 saturated carbocycles. The van der Waals surface area contributed by atoms with E-state index in [2.05, 4.69) is 25.9 Å². The van der Waals surface area contributed by atoms with Crippen LogP contribution in [0.25, 0.3) is 0 Å². The van der Waals surface area contributed by atoms with Crippen molar-refractivity contribution in [2.75, 3.05) is 0 Å². The van der Waals surface area contributed by atoms with Crippen LogP contribution in [0.15, 0.2) is 4.47 Å². The predicted octanol–water partition coefficient (Wildman–Crippen LogP) is 3.94. The Hall–Kier alpha value is -0.840. The van der Waals surface area contributed by atoms with Gasteiger partial charge in [-0.2, -0.15) is 9.97 Å². The van der Waals surface area contributed by atoms with Crippen molar-refractivity contribution < 1.29 is 9.47 Å². The second-order valence-corrected chi connectivity index (χ2v) is 5.79. The summed E-state index contributed by atoms with van der Waals surface area (Å²) < 4.78 is 12.0. The largest absolute Gasteiger partial charge is 0.474 e. The van der Waals surface area contributed by atoms with E-state index in [1.807, 2.05) is 41.5 Å². The first-order chi connectivity index (χ1) is 8.31. The van der Waals surface area contributed by atoms with Crippen LogP contribution in [0.3, 0.4) is 0 Å². The molecule has 0 aliphatic rings. The van der Waals surface area contributed by atoms with E-state index < -0.39 is 0 Å². The first-order valence-electron chi connectivity index (χ1n) is 6.22. The smallest absolute Gasteiger partial charge is 0.235 e. The molecular formula is C13H21BrN2O2. The topological polar surface area (TPSA) is 44.2 Å². The molecule has 0 radical (unpaired) electrons. The van der Waals surface area contributed by atoms with Crippen molar-refractivity contribution in [1.29, 1.82) is 0 Å². The highest BCUT2D eigenvalue weighted by molar-refractivity contribution is 9.10. The molecule has 0 N–H and O–H groups in total. The van der Waals surface area contributed by atoms with E-state index in [1.165, 1.54) is 0 Å². The molecule has 1 aromatic heterocycles. The zero-order chi connectivity index (χ0) is 13.9. The van der Waals surface area contributed by atoms with Crippen LogP contribution in [0.2, 0.25) is 0 Å². The van der Waals surface area contributed by atoms with Crippen molar-refractivity contribution in [3.63, 3.8) is 0 Å². The average molecular weight is 317 g/mol. The van der Waals surface area contributed by atoms with Crippen LogP contribution in [0, 0.1) is 0 Å². The van der Waals surface area contributed by atoms with Crippen molar-refractivity contribution in [2.24, 2.45) is 0 Å². The molecule has 18 heavy (non-hydrogen) atoms. The Kier molecular flexibility index (Phi) is 5.38.